The summed E-state index contributed by atoms with van der Waals surface area (Å²) in [5.41, 5.74) is 2.25. The molecule has 0 atom stereocenters. The third-order valence-corrected chi connectivity index (χ3v) is 7.86. The summed E-state index contributed by atoms with van der Waals surface area (Å²) < 4.78 is 5.15. The van der Waals surface area contributed by atoms with Crippen molar-refractivity contribution in [2.75, 3.05) is 50.1 Å². The van der Waals surface area contributed by atoms with E-state index in [-0.39, 0.29) is 49.0 Å². The van der Waals surface area contributed by atoms with Crippen LogP contribution in [0.1, 0.15) is 52.8 Å². The standard InChI is InChI=1S/C32H37N5O4.2ClH/c1-41-25-12-10-24(11-13-25)29(38)14-19-33-17-4-6-23-15-20-36(21-16-23)22-30(39)37-28-9-3-2-7-26(28)32(40)35-27-8-5-18-34-31(27)37;;/h2-3,5,7-13,18,23,33H,4,6,14-17,19-22H2,1H3,(H,35,40);2*1H. The Morgan fingerprint density at radius 2 is 1.74 bits per heavy atom. The van der Waals surface area contributed by atoms with Gasteiger partial charge in [-0.2, -0.15) is 0 Å². The Morgan fingerprint density at radius 3 is 2.49 bits per heavy atom. The quantitative estimate of drug-likeness (QED) is 0.213. The molecule has 0 saturated carbocycles. The minimum atomic E-state index is -0.246. The van der Waals surface area contributed by atoms with E-state index in [1.807, 2.05) is 30.3 Å². The molecular weight excluding hydrogens is 589 g/mol. The van der Waals surface area contributed by atoms with Gasteiger partial charge in [0.1, 0.15) is 5.75 Å². The number of hydrogen-bond acceptors (Lipinski definition) is 7. The number of benzene rings is 2. The highest BCUT2D eigenvalue weighted by molar-refractivity contribution is 6.17. The van der Waals surface area contributed by atoms with Crippen molar-refractivity contribution in [1.29, 1.82) is 0 Å². The first-order valence-electron chi connectivity index (χ1n) is 14.3. The van der Waals surface area contributed by atoms with Crippen molar-refractivity contribution >= 4 is 59.6 Å². The number of ketones is 1. The number of rotatable bonds is 11. The molecule has 43 heavy (non-hydrogen) atoms. The van der Waals surface area contributed by atoms with Crippen LogP contribution in [0.25, 0.3) is 0 Å². The Labute approximate surface area is 265 Å². The molecule has 0 bridgehead atoms. The van der Waals surface area contributed by atoms with E-state index in [0.29, 0.717) is 47.2 Å². The van der Waals surface area contributed by atoms with Gasteiger partial charge in [0.05, 0.1) is 30.6 Å². The lowest BCUT2D eigenvalue weighted by Crippen LogP contribution is -2.42. The average Bonchev–Trinajstić information content (AvgIpc) is 3.13. The molecule has 1 fully saturated rings. The Hall–Kier alpha value is -3.50. The number of piperidine rings is 1. The molecule has 5 rings (SSSR count). The summed E-state index contributed by atoms with van der Waals surface area (Å²) in [4.78, 5) is 47.0. The number of methoxy groups -OCH3 is 1. The minimum Gasteiger partial charge on any atom is -0.497 e. The van der Waals surface area contributed by atoms with Crippen molar-refractivity contribution in [3.63, 3.8) is 0 Å². The molecule has 3 heterocycles. The van der Waals surface area contributed by atoms with Crippen molar-refractivity contribution < 1.29 is 19.1 Å². The van der Waals surface area contributed by atoms with Gasteiger partial charge < -0.3 is 15.4 Å². The van der Waals surface area contributed by atoms with Gasteiger partial charge in [0.25, 0.3) is 5.91 Å². The van der Waals surface area contributed by atoms with E-state index < -0.39 is 0 Å². The van der Waals surface area contributed by atoms with Gasteiger partial charge in [-0.3, -0.25) is 24.2 Å². The lowest BCUT2D eigenvalue weighted by Gasteiger charge is -2.33. The van der Waals surface area contributed by atoms with Crippen LogP contribution in [0.15, 0.2) is 66.9 Å². The maximum absolute atomic E-state index is 13.6. The predicted molar refractivity (Wildman–Crippen MR) is 173 cm³/mol. The van der Waals surface area contributed by atoms with Crippen molar-refractivity contribution in [2.24, 2.45) is 5.92 Å². The van der Waals surface area contributed by atoms with Crippen LogP contribution in [0.3, 0.4) is 0 Å². The normalized spacial score (nSPS) is 14.7. The van der Waals surface area contributed by atoms with E-state index in [1.165, 1.54) is 0 Å². The number of Topliss-reactive ketones (excluding diaryl/α,β-unsaturated/α-hetero) is 1. The highest BCUT2D eigenvalue weighted by Gasteiger charge is 2.31. The number of fused-ring (bicyclic) bond motifs is 2. The zero-order chi connectivity index (χ0) is 28.6. The number of aromatic nitrogens is 1. The number of nitrogens with one attached hydrogen (secondary N) is 2. The van der Waals surface area contributed by atoms with Gasteiger partial charge in [0, 0.05) is 24.7 Å². The summed E-state index contributed by atoms with van der Waals surface area (Å²) >= 11 is 0. The molecule has 230 valence electrons. The highest BCUT2D eigenvalue weighted by Crippen LogP contribution is 2.36. The Morgan fingerprint density at radius 1 is 1.00 bits per heavy atom. The zero-order valence-corrected chi connectivity index (χ0v) is 25.9. The van der Waals surface area contributed by atoms with Gasteiger partial charge in [0.15, 0.2) is 11.6 Å². The molecule has 2 aliphatic heterocycles. The molecule has 2 aromatic carbocycles. The minimum absolute atomic E-state index is 0. The number of anilines is 3. The number of para-hydroxylation sites is 1. The summed E-state index contributed by atoms with van der Waals surface area (Å²) in [6.45, 7) is 3.56. The zero-order valence-electron chi connectivity index (χ0n) is 24.3. The number of hydrogen-bond donors (Lipinski definition) is 2. The number of pyridine rings is 1. The SMILES string of the molecule is COc1ccc(C(=O)CCNCCCC2CCN(CC(=O)N3c4ccccc4C(=O)Nc4cccnc43)CC2)cc1.Cl.Cl. The van der Waals surface area contributed by atoms with Crippen molar-refractivity contribution in [1.82, 2.24) is 15.2 Å². The van der Waals surface area contributed by atoms with Crippen molar-refractivity contribution in [2.45, 2.75) is 32.1 Å². The third-order valence-electron chi connectivity index (χ3n) is 7.86. The average molecular weight is 629 g/mol. The van der Waals surface area contributed by atoms with Crippen LogP contribution in [0.4, 0.5) is 17.2 Å². The van der Waals surface area contributed by atoms with E-state index in [4.69, 9.17) is 4.74 Å². The number of likely N-dealkylation sites (tertiary alicyclic amines) is 1. The number of halogens is 2. The van der Waals surface area contributed by atoms with Crippen molar-refractivity contribution in [3.05, 3.63) is 78.0 Å². The molecule has 0 radical (unpaired) electrons. The summed E-state index contributed by atoms with van der Waals surface area (Å²) in [5, 5.41) is 6.29. The van der Waals surface area contributed by atoms with E-state index in [9.17, 15) is 14.4 Å². The molecule has 3 aromatic rings. The van der Waals surface area contributed by atoms with E-state index in [1.54, 1.807) is 48.5 Å². The van der Waals surface area contributed by atoms with Gasteiger partial charge in [0.2, 0.25) is 5.91 Å². The van der Waals surface area contributed by atoms with Crippen LogP contribution in [-0.2, 0) is 4.79 Å². The van der Waals surface area contributed by atoms with Gasteiger partial charge >= 0.3 is 0 Å². The Bertz CT molecular complexity index is 1380. The molecule has 2 N–H and O–H groups in total. The van der Waals surface area contributed by atoms with E-state index in [0.717, 1.165) is 51.1 Å². The largest absolute Gasteiger partial charge is 0.497 e. The number of nitrogens with zero attached hydrogens (tertiary/aromatic N) is 3. The third kappa shape index (κ3) is 8.54. The fourth-order valence-electron chi connectivity index (χ4n) is 5.55. The highest BCUT2D eigenvalue weighted by atomic mass is 35.5. The van der Waals surface area contributed by atoms with E-state index in [2.05, 4.69) is 20.5 Å². The molecule has 0 spiro atoms. The second-order valence-electron chi connectivity index (χ2n) is 10.6. The summed E-state index contributed by atoms with van der Waals surface area (Å²) in [6, 6.07) is 17.9. The van der Waals surface area contributed by atoms with Gasteiger partial charge in [-0.1, -0.05) is 12.1 Å². The number of amides is 2. The van der Waals surface area contributed by atoms with Crippen LogP contribution >= 0.6 is 24.8 Å². The van der Waals surface area contributed by atoms with Crippen LogP contribution in [0, 0.1) is 5.92 Å². The van der Waals surface area contributed by atoms with Gasteiger partial charge in [-0.05, 0) is 99.8 Å². The molecule has 0 aliphatic carbocycles. The fraction of sp³-hybridized carbons (Fsp3) is 0.375. The molecule has 2 aliphatic rings. The molecule has 1 aromatic heterocycles. The molecule has 2 amide bonds. The summed E-state index contributed by atoms with van der Waals surface area (Å²) in [5.74, 6) is 1.62. The van der Waals surface area contributed by atoms with Gasteiger partial charge in [-0.25, -0.2) is 4.98 Å². The van der Waals surface area contributed by atoms with Crippen molar-refractivity contribution in [3.8, 4) is 5.75 Å². The lowest BCUT2D eigenvalue weighted by atomic mass is 9.92. The molecule has 9 nitrogen and oxygen atoms in total. The molecule has 0 unspecified atom stereocenters. The molecule has 11 heteroatoms. The second kappa shape index (κ2) is 16.4. The summed E-state index contributed by atoms with van der Waals surface area (Å²) in [7, 11) is 1.61. The predicted octanol–water partition coefficient (Wildman–Crippen LogP) is 5.52. The Balaban J connectivity index is 0.00000253. The smallest absolute Gasteiger partial charge is 0.257 e. The molecular formula is C32H39Cl2N5O4. The number of ether oxygens (including phenoxy) is 1. The maximum Gasteiger partial charge on any atom is 0.257 e. The maximum atomic E-state index is 13.6. The number of carbonyl (C=O) groups is 3. The van der Waals surface area contributed by atoms with Crippen LogP contribution in [-0.4, -0.2) is 67.3 Å². The number of carbonyl (C=O) groups excluding carboxylic acids is 3. The first-order valence-corrected chi connectivity index (χ1v) is 14.3. The monoisotopic (exact) mass is 627 g/mol. The van der Waals surface area contributed by atoms with Crippen LogP contribution in [0.2, 0.25) is 0 Å². The lowest BCUT2D eigenvalue weighted by molar-refractivity contribution is -0.119. The van der Waals surface area contributed by atoms with Gasteiger partial charge in [-0.15, -0.1) is 24.8 Å². The fourth-order valence-corrected chi connectivity index (χ4v) is 5.55. The first kappa shape index (κ1) is 34.0. The Kier molecular flexibility index (Phi) is 12.9. The topological polar surface area (TPSA) is 104 Å². The van der Waals surface area contributed by atoms with Crippen LogP contribution < -0.4 is 20.3 Å². The summed E-state index contributed by atoms with van der Waals surface area (Å²) in [6.07, 6.45) is 6.41. The van der Waals surface area contributed by atoms with Crippen LogP contribution in [0.5, 0.6) is 5.75 Å². The molecule has 1 saturated heterocycles. The first-order chi connectivity index (χ1) is 20.0. The second-order valence-corrected chi connectivity index (χ2v) is 10.6. The van der Waals surface area contributed by atoms with E-state index >= 15 is 0 Å².